The van der Waals surface area contributed by atoms with E-state index in [1.807, 2.05) is 16.9 Å². The van der Waals surface area contributed by atoms with E-state index in [0.29, 0.717) is 6.61 Å². The summed E-state index contributed by atoms with van der Waals surface area (Å²) in [5.41, 5.74) is 0. The maximum atomic E-state index is 5.00. The molecular formula is C13H23N3O. The molecule has 1 heterocycles. The third-order valence-electron chi connectivity index (χ3n) is 2.46. The second-order valence-electron chi connectivity index (χ2n) is 3.95. The lowest BCUT2D eigenvalue weighted by Gasteiger charge is -2.00. The summed E-state index contributed by atoms with van der Waals surface area (Å²) in [5.74, 6) is 0.918. The highest BCUT2D eigenvalue weighted by Gasteiger charge is 1.96. The third kappa shape index (κ3) is 6.12. The van der Waals surface area contributed by atoms with E-state index in [1.54, 1.807) is 7.11 Å². The quantitative estimate of drug-likeness (QED) is 0.530. The molecule has 0 atom stereocenters. The minimum atomic E-state index is 0.693. The average molecular weight is 237 g/mol. The molecule has 1 rings (SSSR count). The van der Waals surface area contributed by atoms with Crippen LogP contribution < -0.4 is 5.32 Å². The Bertz CT molecular complexity index is 320. The molecule has 4 nitrogen and oxygen atoms in total. The number of hydrogen-bond donors (Lipinski definition) is 1. The van der Waals surface area contributed by atoms with Crippen LogP contribution in [0.5, 0.6) is 0 Å². The van der Waals surface area contributed by atoms with Crippen LogP contribution in [-0.2, 0) is 11.3 Å². The number of anilines is 1. The van der Waals surface area contributed by atoms with Crippen molar-refractivity contribution in [3.8, 4) is 0 Å². The number of nitrogens with one attached hydrogen (secondary N) is 1. The van der Waals surface area contributed by atoms with Gasteiger partial charge in [-0.1, -0.05) is 31.9 Å². The number of ether oxygens (including phenoxy) is 1. The molecule has 0 saturated heterocycles. The standard InChI is InChI=1S/C13H23N3O/c1-3-4-5-6-7-9-14-13-8-10-16(15-13)11-12-17-2/h6-8,10H,3-5,9,11-12H2,1-2H3,(H,14,15)/b7-6+. The minimum Gasteiger partial charge on any atom is -0.383 e. The largest absolute Gasteiger partial charge is 0.383 e. The van der Waals surface area contributed by atoms with Gasteiger partial charge in [0.2, 0.25) is 0 Å². The molecular weight excluding hydrogens is 214 g/mol. The highest BCUT2D eigenvalue weighted by atomic mass is 16.5. The van der Waals surface area contributed by atoms with Crippen molar-refractivity contribution < 1.29 is 4.74 Å². The first-order chi connectivity index (χ1) is 8.36. The highest BCUT2D eigenvalue weighted by molar-refractivity contribution is 5.32. The monoisotopic (exact) mass is 237 g/mol. The van der Waals surface area contributed by atoms with Crippen LogP contribution >= 0.6 is 0 Å². The Balaban J connectivity index is 2.18. The normalized spacial score (nSPS) is 11.2. The molecule has 0 bridgehead atoms. The Hall–Kier alpha value is -1.29. The van der Waals surface area contributed by atoms with Gasteiger partial charge in [0.1, 0.15) is 5.82 Å². The van der Waals surface area contributed by atoms with E-state index in [2.05, 4.69) is 29.5 Å². The minimum absolute atomic E-state index is 0.693. The van der Waals surface area contributed by atoms with E-state index < -0.39 is 0 Å². The van der Waals surface area contributed by atoms with E-state index in [-0.39, 0.29) is 0 Å². The van der Waals surface area contributed by atoms with Crippen LogP contribution in [0.2, 0.25) is 0 Å². The van der Waals surface area contributed by atoms with Gasteiger partial charge in [-0.15, -0.1) is 0 Å². The summed E-state index contributed by atoms with van der Waals surface area (Å²) in [4.78, 5) is 0. The Morgan fingerprint density at radius 1 is 1.47 bits per heavy atom. The fraction of sp³-hybridized carbons (Fsp3) is 0.615. The van der Waals surface area contributed by atoms with Crippen molar-refractivity contribution in [2.75, 3.05) is 25.6 Å². The van der Waals surface area contributed by atoms with E-state index >= 15 is 0 Å². The molecule has 17 heavy (non-hydrogen) atoms. The summed E-state index contributed by atoms with van der Waals surface area (Å²) in [6, 6.07) is 1.98. The van der Waals surface area contributed by atoms with Gasteiger partial charge in [0.15, 0.2) is 0 Å². The van der Waals surface area contributed by atoms with Crippen molar-refractivity contribution in [3.63, 3.8) is 0 Å². The zero-order valence-corrected chi connectivity index (χ0v) is 10.9. The van der Waals surface area contributed by atoms with Crippen molar-refractivity contribution in [1.29, 1.82) is 0 Å². The number of unbranched alkanes of at least 4 members (excludes halogenated alkanes) is 2. The number of hydrogen-bond acceptors (Lipinski definition) is 3. The number of aromatic nitrogens is 2. The first-order valence-corrected chi connectivity index (χ1v) is 6.28. The van der Waals surface area contributed by atoms with E-state index in [4.69, 9.17) is 4.74 Å². The summed E-state index contributed by atoms with van der Waals surface area (Å²) < 4.78 is 6.88. The van der Waals surface area contributed by atoms with Crippen LogP contribution in [0.1, 0.15) is 26.2 Å². The second kappa shape index (κ2) is 8.82. The van der Waals surface area contributed by atoms with Gasteiger partial charge in [0.25, 0.3) is 0 Å². The van der Waals surface area contributed by atoms with Gasteiger partial charge in [-0.2, -0.15) is 5.10 Å². The lowest BCUT2D eigenvalue weighted by atomic mass is 10.2. The smallest absolute Gasteiger partial charge is 0.148 e. The molecule has 0 aliphatic rings. The summed E-state index contributed by atoms with van der Waals surface area (Å²) in [6.07, 6.45) is 10.0. The molecule has 0 fully saturated rings. The number of nitrogens with zero attached hydrogens (tertiary/aromatic N) is 2. The lowest BCUT2D eigenvalue weighted by Crippen LogP contribution is -2.06. The molecule has 0 saturated carbocycles. The Labute approximate surface area is 104 Å². The molecule has 0 radical (unpaired) electrons. The fourth-order valence-electron chi connectivity index (χ4n) is 1.45. The molecule has 0 aromatic carbocycles. The maximum absolute atomic E-state index is 5.00. The number of rotatable bonds is 9. The topological polar surface area (TPSA) is 39.1 Å². The van der Waals surface area contributed by atoms with Crippen molar-refractivity contribution in [2.45, 2.75) is 32.7 Å². The van der Waals surface area contributed by atoms with Crippen LogP contribution in [0.15, 0.2) is 24.4 Å². The van der Waals surface area contributed by atoms with Gasteiger partial charge >= 0.3 is 0 Å². The first kappa shape index (κ1) is 13.8. The Morgan fingerprint density at radius 2 is 2.35 bits per heavy atom. The van der Waals surface area contributed by atoms with Crippen molar-refractivity contribution >= 4 is 5.82 Å². The van der Waals surface area contributed by atoms with Crippen molar-refractivity contribution in [2.24, 2.45) is 0 Å². The van der Waals surface area contributed by atoms with E-state index in [9.17, 15) is 0 Å². The number of allylic oxidation sites excluding steroid dienone is 1. The molecule has 0 aliphatic heterocycles. The zero-order valence-electron chi connectivity index (χ0n) is 10.9. The van der Waals surface area contributed by atoms with Gasteiger partial charge in [0, 0.05) is 25.9 Å². The van der Waals surface area contributed by atoms with Crippen LogP contribution in [-0.4, -0.2) is 30.0 Å². The lowest BCUT2D eigenvalue weighted by molar-refractivity contribution is 0.183. The van der Waals surface area contributed by atoms with Crippen LogP contribution in [0.4, 0.5) is 5.82 Å². The van der Waals surface area contributed by atoms with E-state index in [0.717, 1.165) is 18.9 Å². The predicted molar refractivity (Wildman–Crippen MR) is 71.3 cm³/mol. The first-order valence-electron chi connectivity index (χ1n) is 6.28. The van der Waals surface area contributed by atoms with Gasteiger partial charge in [0.05, 0.1) is 13.2 Å². The Morgan fingerprint density at radius 3 is 3.12 bits per heavy atom. The summed E-state index contributed by atoms with van der Waals surface area (Å²) >= 11 is 0. The predicted octanol–water partition coefficient (Wildman–Crippen LogP) is 2.69. The van der Waals surface area contributed by atoms with Crippen LogP contribution in [0.3, 0.4) is 0 Å². The van der Waals surface area contributed by atoms with Crippen LogP contribution in [0.25, 0.3) is 0 Å². The van der Waals surface area contributed by atoms with Gasteiger partial charge in [-0.25, -0.2) is 0 Å². The summed E-state index contributed by atoms with van der Waals surface area (Å²) in [5, 5.41) is 7.63. The molecule has 0 amide bonds. The number of methoxy groups -OCH3 is 1. The van der Waals surface area contributed by atoms with Gasteiger partial charge in [-0.05, 0) is 6.42 Å². The molecule has 1 N–H and O–H groups in total. The van der Waals surface area contributed by atoms with Gasteiger partial charge < -0.3 is 10.1 Å². The molecule has 0 unspecified atom stereocenters. The highest BCUT2D eigenvalue weighted by Crippen LogP contribution is 2.02. The molecule has 96 valence electrons. The zero-order chi connectivity index (χ0) is 12.3. The maximum Gasteiger partial charge on any atom is 0.148 e. The third-order valence-corrected chi connectivity index (χ3v) is 2.46. The van der Waals surface area contributed by atoms with Crippen molar-refractivity contribution in [1.82, 2.24) is 9.78 Å². The Kier molecular flexibility index (Phi) is 7.14. The molecule has 0 spiro atoms. The van der Waals surface area contributed by atoms with Gasteiger partial charge in [-0.3, -0.25) is 4.68 Å². The van der Waals surface area contributed by atoms with Crippen LogP contribution in [0, 0.1) is 0 Å². The fourth-order valence-corrected chi connectivity index (χ4v) is 1.45. The van der Waals surface area contributed by atoms with Crippen molar-refractivity contribution in [3.05, 3.63) is 24.4 Å². The molecule has 1 aromatic heterocycles. The second-order valence-corrected chi connectivity index (χ2v) is 3.95. The average Bonchev–Trinajstić information content (AvgIpc) is 2.79. The molecule has 0 aliphatic carbocycles. The SMILES string of the molecule is CCCC/C=C/CNc1ccn(CCOC)n1. The van der Waals surface area contributed by atoms with E-state index in [1.165, 1.54) is 19.3 Å². The summed E-state index contributed by atoms with van der Waals surface area (Å²) in [7, 11) is 1.70. The molecule has 1 aromatic rings. The summed E-state index contributed by atoms with van der Waals surface area (Å²) in [6.45, 7) is 4.53. The molecule has 4 heteroatoms.